The number of hydrogen-bond donors (Lipinski definition) is 1. The van der Waals surface area contributed by atoms with Crippen LogP contribution in [0.5, 0.6) is 0 Å². The SMILES string of the molecule is CC(C)(N)c1noc(-c2cc(Br)c(Br)s2)n1. The highest BCUT2D eigenvalue weighted by Crippen LogP contribution is 2.37. The number of thiophene rings is 1. The van der Waals surface area contributed by atoms with Crippen molar-refractivity contribution in [2.45, 2.75) is 19.4 Å². The molecule has 7 heteroatoms. The van der Waals surface area contributed by atoms with Crippen molar-refractivity contribution in [1.29, 1.82) is 0 Å². The third kappa shape index (κ3) is 2.37. The summed E-state index contributed by atoms with van der Waals surface area (Å²) in [5.41, 5.74) is 5.29. The van der Waals surface area contributed by atoms with Crippen LogP contribution in [0.25, 0.3) is 10.8 Å². The van der Waals surface area contributed by atoms with E-state index in [0.29, 0.717) is 11.7 Å². The Bertz CT molecular complexity index is 496. The van der Waals surface area contributed by atoms with Crippen LogP contribution in [0.3, 0.4) is 0 Å². The lowest BCUT2D eigenvalue weighted by molar-refractivity contribution is 0.397. The van der Waals surface area contributed by atoms with E-state index in [9.17, 15) is 0 Å². The highest BCUT2D eigenvalue weighted by Gasteiger charge is 2.22. The third-order valence-electron chi connectivity index (χ3n) is 1.86. The second-order valence-electron chi connectivity index (χ2n) is 3.88. The maximum absolute atomic E-state index is 5.88. The van der Waals surface area contributed by atoms with E-state index in [1.807, 2.05) is 19.9 Å². The van der Waals surface area contributed by atoms with Crippen LogP contribution in [0, 0.1) is 0 Å². The van der Waals surface area contributed by atoms with Crippen molar-refractivity contribution in [1.82, 2.24) is 10.1 Å². The van der Waals surface area contributed by atoms with Gasteiger partial charge in [0.05, 0.1) is 14.2 Å². The number of halogens is 2. The van der Waals surface area contributed by atoms with Crippen molar-refractivity contribution >= 4 is 43.2 Å². The molecule has 0 atom stereocenters. The monoisotopic (exact) mass is 365 g/mol. The molecule has 2 heterocycles. The van der Waals surface area contributed by atoms with Gasteiger partial charge in [-0.05, 0) is 51.8 Å². The zero-order chi connectivity index (χ0) is 11.9. The Balaban J connectivity index is 2.39. The molecule has 2 aromatic rings. The summed E-state index contributed by atoms with van der Waals surface area (Å²) < 4.78 is 7.14. The van der Waals surface area contributed by atoms with Crippen LogP contribution in [-0.4, -0.2) is 10.1 Å². The van der Waals surface area contributed by atoms with Crippen LogP contribution in [0.15, 0.2) is 18.8 Å². The minimum Gasteiger partial charge on any atom is -0.333 e. The van der Waals surface area contributed by atoms with Crippen molar-refractivity contribution in [2.24, 2.45) is 5.73 Å². The molecule has 2 N–H and O–H groups in total. The van der Waals surface area contributed by atoms with Crippen LogP contribution in [0.2, 0.25) is 0 Å². The molecule has 0 aliphatic heterocycles. The average Bonchev–Trinajstić information content (AvgIpc) is 2.73. The van der Waals surface area contributed by atoms with Crippen molar-refractivity contribution in [2.75, 3.05) is 0 Å². The predicted octanol–water partition coefficient (Wildman–Crippen LogP) is 3.52. The summed E-state index contributed by atoms with van der Waals surface area (Å²) in [4.78, 5) is 5.18. The van der Waals surface area contributed by atoms with Crippen molar-refractivity contribution < 1.29 is 4.52 Å². The Morgan fingerprint density at radius 3 is 2.56 bits per heavy atom. The molecule has 0 saturated heterocycles. The lowest BCUT2D eigenvalue weighted by Crippen LogP contribution is -2.30. The van der Waals surface area contributed by atoms with Gasteiger partial charge in [-0.25, -0.2) is 0 Å². The Morgan fingerprint density at radius 1 is 1.44 bits per heavy atom. The van der Waals surface area contributed by atoms with Gasteiger partial charge in [-0.15, -0.1) is 11.3 Å². The van der Waals surface area contributed by atoms with Gasteiger partial charge in [-0.1, -0.05) is 5.16 Å². The van der Waals surface area contributed by atoms with Crippen LogP contribution in [-0.2, 0) is 5.54 Å². The molecule has 0 spiro atoms. The van der Waals surface area contributed by atoms with Crippen LogP contribution >= 0.6 is 43.2 Å². The fourth-order valence-electron chi connectivity index (χ4n) is 1.04. The van der Waals surface area contributed by atoms with E-state index in [1.54, 1.807) is 0 Å². The molecule has 0 bridgehead atoms. The quantitative estimate of drug-likeness (QED) is 0.883. The lowest BCUT2D eigenvalue weighted by Gasteiger charge is -2.11. The average molecular weight is 367 g/mol. The summed E-state index contributed by atoms with van der Waals surface area (Å²) in [6, 6.07) is 1.93. The van der Waals surface area contributed by atoms with E-state index in [1.165, 1.54) is 11.3 Å². The molecular weight excluding hydrogens is 358 g/mol. The minimum absolute atomic E-state index is 0.491. The Hall–Kier alpha value is -0.240. The summed E-state index contributed by atoms with van der Waals surface area (Å²) in [5.74, 6) is 0.994. The number of hydrogen-bond acceptors (Lipinski definition) is 5. The number of aromatic nitrogens is 2. The predicted molar refractivity (Wildman–Crippen MR) is 70.2 cm³/mol. The molecule has 86 valence electrons. The molecular formula is C9H9Br2N3OS. The van der Waals surface area contributed by atoms with Crippen molar-refractivity contribution in [3.05, 3.63) is 20.1 Å². The Kier molecular flexibility index (Phi) is 3.22. The molecule has 0 saturated carbocycles. The summed E-state index contributed by atoms with van der Waals surface area (Å²) in [7, 11) is 0. The van der Waals surface area contributed by atoms with Gasteiger partial charge in [0, 0.05) is 4.47 Å². The van der Waals surface area contributed by atoms with E-state index < -0.39 is 5.54 Å². The van der Waals surface area contributed by atoms with Gasteiger partial charge in [0.1, 0.15) is 0 Å². The van der Waals surface area contributed by atoms with Gasteiger partial charge in [-0.2, -0.15) is 4.98 Å². The second-order valence-corrected chi connectivity index (χ2v) is 7.10. The summed E-state index contributed by atoms with van der Waals surface area (Å²) in [6.45, 7) is 3.67. The number of rotatable bonds is 2. The van der Waals surface area contributed by atoms with Crippen molar-refractivity contribution in [3.63, 3.8) is 0 Å². The highest BCUT2D eigenvalue weighted by atomic mass is 79.9. The maximum Gasteiger partial charge on any atom is 0.268 e. The van der Waals surface area contributed by atoms with E-state index in [4.69, 9.17) is 10.3 Å². The van der Waals surface area contributed by atoms with Crippen LogP contribution in [0.1, 0.15) is 19.7 Å². The number of nitrogens with two attached hydrogens (primary N) is 1. The fourth-order valence-corrected chi connectivity index (χ4v) is 2.99. The second kappa shape index (κ2) is 4.21. The zero-order valence-corrected chi connectivity index (χ0v) is 12.6. The van der Waals surface area contributed by atoms with E-state index in [-0.39, 0.29) is 0 Å². The van der Waals surface area contributed by atoms with Gasteiger partial charge in [-0.3, -0.25) is 0 Å². The molecule has 0 aliphatic carbocycles. The molecule has 0 unspecified atom stereocenters. The van der Waals surface area contributed by atoms with E-state index in [0.717, 1.165) is 13.1 Å². The first-order chi connectivity index (χ1) is 7.38. The molecule has 0 aliphatic rings. The van der Waals surface area contributed by atoms with Gasteiger partial charge in [0.2, 0.25) is 0 Å². The third-order valence-corrected chi connectivity index (χ3v) is 5.10. The first-order valence-corrected chi connectivity index (χ1v) is 6.86. The van der Waals surface area contributed by atoms with Crippen LogP contribution < -0.4 is 5.73 Å². The summed E-state index contributed by atoms with van der Waals surface area (Å²) >= 11 is 8.35. The molecule has 0 amide bonds. The van der Waals surface area contributed by atoms with Crippen LogP contribution in [0.4, 0.5) is 0 Å². The van der Waals surface area contributed by atoms with Crippen molar-refractivity contribution in [3.8, 4) is 10.8 Å². The lowest BCUT2D eigenvalue weighted by atomic mass is 10.1. The van der Waals surface area contributed by atoms with E-state index >= 15 is 0 Å². The largest absolute Gasteiger partial charge is 0.333 e. The fraction of sp³-hybridized carbons (Fsp3) is 0.333. The normalized spacial score (nSPS) is 12.1. The molecule has 0 fully saturated rings. The number of nitrogens with zero attached hydrogens (tertiary/aromatic N) is 2. The first kappa shape index (κ1) is 12.2. The van der Waals surface area contributed by atoms with E-state index in [2.05, 4.69) is 42.0 Å². The smallest absolute Gasteiger partial charge is 0.268 e. The van der Waals surface area contributed by atoms with Gasteiger partial charge >= 0.3 is 0 Å². The Morgan fingerprint density at radius 2 is 2.12 bits per heavy atom. The molecule has 2 rings (SSSR count). The molecule has 4 nitrogen and oxygen atoms in total. The first-order valence-electron chi connectivity index (χ1n) is 4.46. The van der Waals surface area contributed by atoms with Gasteiger partial charge < -0.3 is 10.3 Å². The standard InChI is InChI=1S/C9H9Br2N3OS/c1-9(2,12)8-13-7(15-14-8)5-3-4(10)6(11)16-5/h3H,12H2,1-2H3. The summed E-state index contributed by atoms with van der Waals surface area (Å²) in [6.07, 6.45) is 0. The highest BCUT2D eigenvalue weighted by molar-refractivity contribution is 9.13. The minimum atomic E-state index is -0.590. The summed E-state index contributed by atoms with van der Waals surface area (Å²) in [5, 5.41) is 3.87. The van der Waals surface area contributed by atoms with Gasteiger partial charge in [0.15, 0.2) is 5.82 Å². The molecule has 16 heavy (non-hydrogen) atoms. The molecule has 2 aromatic heterocycles. The Labute approximate surface area is 113 Å². The van der Waals surface area contributed by atoms with Gasteiger partial charge in [0.25, 0.3) is 5.89 Å². The maximum atomic E-state index is 5.88. The zero-order valence-electron chi connectivity index (χ0n) is 8.62. The molecule has 0 aromatic carbocycles. The molecule has 0 radical (unpaired) electrons. The topological polar surface area (TPSA) is 64.9 Å².